The third-order valence-corrected chi connectivity index (χ3v) is 3.30. The molecule has 106 valence electrons. The molecule has 0 aliphatic heterocycles. The van der Waals surface area contributed by atoms with Gasteiger partial charge in [0.2, 0.25) is 5.89 Å². The van der Waals surface area contributed by atoms with E-state index in [2.05, 4.69) is 9.97 Å². The lowest BCUT2D eigenvalue weighted by atomic mass is 9.98. The van der Waals surface area contributed by atoms with Crippen LogP contribution >= 0.6 is 0 Å². The molecule has 0 spiro atoms. The van der Waals surface area contributed by atoms with Gasteiger partial charge in [0.25, 0.3) is 0 Å². The van der Waals surface area contributed by atoms with E-state index in [1.807, 2.05) is 0 Å². The minimum Gasteiger partial charge on any atom is -0.441 e. The van der Waals surface area contributed by atoms with Crippen LogP contribution < -0.4 is 5.73 Å². The molecule has 1 aliphatic carbocycles. The highest BCUT2D eigenvalue weighted by atomic mass is 19.4. The number of alkyl halides is 3. The number of rotatable bonds is 1. The maximum absolute atomic E-state index is 12.6. The number of hydrogen-bond donors (Lipinski definition) is 1. The summed E-state index contributed by atoms with van der Waals surface area (Å²) in [7, 11) is 0. The van der Waals surface area contributed by atoms with Gasteiger partial charge < -0.3 is 10.2 Å². The standard InChI is InChI=1S/C13H12F3N3O/c14-13(15,16)10-6-7(4-5-18-10)12-19-11-8(17)2-1-3-9(11)20-12/h4-6,8H,1-3,17H2/t8-/m0/s1. The summed E-state index contributed by atoms with van der Waals surface area (Å²) < 4.78 is 43.5. The summed E-state index contributed by atoms with van der Waals surface area (Å²) in [5.74, 6) is 0.837. The van der Waals surface area contributed by atoms with Crippen molar-refractivity contribution in [2.45, 2.75) is 31.5 Å². The Hall–Kier alpha value is -1.89. The van der Waals surface area contributed by atoms with Crippen molar-refractivity contribution >= 4 is 0 Å². The summed E-state index contributed by atoms with van der Waals surface area (Å²) in [6.45, 7) is 0. The van der Waals surface area contributed by atoms with Gasteiger partial charge in [-0.3, -0.25) is 4.98 Å². The van der Waals surface area contributed by atoms with Crippen molar-refractivity contribution < 1.29 is 17.6 Å². The molecular weight excluding hydrogens is 271 g/mol. The molecule has 0 saturated carbocycles. The first kappa shape index (κ1) is 13.1. The molecule has 2 aromatic rings. The Bertz CT molecular complexity index is 636. The van der Waals surface area contributed by atoms with Crippen molar-refractivity contribution in [2.75, 3.05) is 0 Å². The van der Waals surface area contributed by atoms with E-state index in [4.69, 9.17) is 10.2 Å². The molecule has 0 fully saturated rings. The molecule has 2 aromatic heterocycles. The molecule has 0 saturated heterocycles. The highest BCUT2D eigenvalue weighted by Gasteiger charge is 2.33. The van der Waals surface area contributed by atoms with Crippen molar-refractivity contribution in [1.82, 2.24) is 9.97 Å². The first-order valence-electron chi connectivity index (χ1n) is 6.24. The van der Waals surface area contributed by atoms with E-state index >= 15 is 0 Å². The second kappa shape index (κ2) is 4.59. The number of nitrogens with zero attached hydrogens (tertiary/aromatic N) is 2. The smallest absolute Gasteiger partial charge is 0.433 e. The fourth-order valence-electron chi connectivity index (χ4n) is 2.29. The molecule has 20 heavy (non-hydrogen) atoms. The van der Waals surface area contributed by atoms with Gasteiger partial charge in [0.05, 0.1) is 11.7 Å². The third-order valence-electron chi connectivity index (χ3n) is 3.30. The maximum Gasteiger partial charge on any atom is 0.433 e. The van der Waals surface area contributed by atoms with Crippen LogP contribution in [0.15, 0.2) is 22.7 Å². The van der Waals surface area contributed by atoms with E-state index in [1.165, 1.54) is 6.07 Å². The van der Waals surface area contributed by atoms with Crippen molar-refractivity contribution in [3.05, 3.63) is 35.5 Å². The highest BCUT2D eigenvalue weighted by Crippen LogP contribution is 2.34. The van der Waals surface area contributed by atoms with Crippen LogP contribution in [0.1, 0.15) is 36.0 Å². The first-order chi connectivity index (χ1) is 9.45. The van der Waals surface area contributed by atoms with Gasteiger partial charge in [-0.05, 0) is 25.0 Å². The number of pyridine rings is 1. The molecule has 7 heteroatoms. The van der Waals surface area contributed by atoms with Gasteiger partial charge in [0.1, 0.15) is 11.5 Å². The van der Waals surface area contributed by atoms with Crippen LogP contribution in [0.2, 0.25) is 0 Å². The number of nitrogens with two attached hydrogens (primary N) is 1. The van der Waals surface area contributed by atoms with E-state index in [-0.39, 0.29) is 17.5 Å². The number of halogens is 3. The topological polar surface area (TPSA) is 64.9 Å². The SMILES string of the molecule is N[C@H]1CCCc2oc(-c3ccnc(C(F)(F)F)c3)nc21. The quantitative estimate of drug-likeness (QED) is 0.873. The van der Waals surface area contributed by atoms with E-state index in [9.17, 15) is 13.2 Å². The van der Waals surface area contributed by atoms with Crippen molar-refractivity contribution in [1.29, 1.82) is 0 Å². The largest absolute Gasteiger partial charge is 0.441 e. The monoisotopic (exact) mass is 283 g/mol. The molecular formula is C13H12F3N3O. The molecule has 3 rings (SSSR count). The van der Waals surface area contributed by atoms with Crippen LogP contribution in [0.25, 0.3) is 11.5 Å². The zero-order valence-corrected chi connectivity index (χ0v) is 10.4. The third kappa shape index (κ3) is 2.29. The Morgan fingerprint density at radius 1 is 1.35 bits per heavy atom. The average molecular weight is 283 g/mol. The average Bonchev–Trinajstić information content (AvgIpc) is 2.83. The summed E-state index contributed by atoms with van der Waals surface area (Å²) >= 11 is 0. The molecule has 0 aromatic carbocycles. The molecule has 2 N–H and O–H groups in total. The summed E-state index contributed by atoms with van der Waals surface area (Å²) in [6.07, 6.45) is -0.969. The van der Waals surface area contributed by atoms with Crippen molar-refractivity contribution in [3.63, 3.8) is 0 Å². The minimum absolute atomic E-state index is 0.167. The second-order valence-corrected chi connectivity index (χ2v) is 4.75. The van der Waals surface area contributed by atoms with Gasteiger partial charge in [0, 0.05) is 18.2 Å². The summed E-state index contributed by atoms with van der Waals surface area (Å²) in [5, 5.41) is 0. The van der Waals surface area contributed by atoms with E-state index in [0.29, 0.717) is 17.9 Å². The van der Waals surface area contributed by atoms with Crippen LogP contribution in [0.4, 0.5) is 13.2 Å². The number of oxazole rings is 1. The summed E-state index contributed by atoms with van der Waals surface area (Å²) in [4.78, 5) is 7.55. The molecule has 1 aliphatic rings. The lowest BCUT2D eigenvalue weighted by Crippen LogP contribution is -2.16. The number of fused-ring (bicyclic) bond motifs is 1. The van der Waals surface area contributed by atoms with Crippen LogP contribution in [0.5, 0.6) is 0 Å². The van der Waals surface area contributed by atoms with E-state index in [1.54, 1.807) is 0 Å². The minimum atomic E-state index is -4.49. The van der Waals surface area contributed by atoms with Crippen LogP contribution in [0.3, 0.4) is 0 Å². The number of aryl methyl sites for hydroxylation is 1. The van der Waals surface area contributed by atoms with Crippen LogP contribution in [0, 0.1) is 0 Å². The molecule has 0 radical (unpaired) electrons. The van der Waals surface area contributed by atoms with Gasteiger partial charge >= 0.3 is 6.18 Å². The lowest BCUT2D eigenvalue weighted by Gasteiger charge is -2.14. The highest BCUT2D eigenvalue weighted by molar-refractivity contribution is 5.54. The van der Waals surface area contributed by atoms with Crippen molar-refractivity contribution in [3.8, 4) is 11.5 Å². The summed E-state index contributed by atoms with van der Waals surface area (Å²) in [5.41, 5.74) is 5.87. The van der Waals surface area contributed by atoms with Gasteiger partial charge in [-0.1, -0.05) is 0 Å². The van der Waals surface area contributed by atoms with Gasteiger partial charge in [-0.25, -0.2) is 4.98 Å². The molecule has 4 nitrogen and oxygen atoms in total. The van der Waals surface area contributed by atoms with E-state index < -0.39 is 11.9 Å². The van der Waals surface area contributed by atoms with Gasteiger partial charge in [-0.15, -0.1) is 0 Å². The zero-order chi connectivity index (χ0) is 14.3. The predicted octanol–water partition coefficient (Wildman–Crippen LogP) is 3.09. The molecule has 0 unspecified atom stereocenters. The predicted molar refractivity (Wildman–Crippen MR) is 64.6 cm³/mol. The molecule has 2 heterocycles. The number of hydrogen-bond acceptors (Lipinski definition) is 4. The fourth-order valence-corrected chi connectivity index (χ4v) is 2.29. The van der Waals surface area contributed by atoms with Crippen molar-refractivity contribution in [2.24, 2.45) is 5.73 Å². The number of aromatic nitrogens is 2. The van der Waals surface area contributed by atoms with Crippen LogP contribution in [-0.4, -0.2) is 9.97 Å². The molecule has 0 bridgehead atoms. The molecule has 1 atom stereocenters. The second-order valence-electron chi connectivity index (χ2n) is 4.75. The normalized spacial score (nSPS) is 18.9. The Morgan fingerprint density at radius 2 is 2.15 bits per heavy atom. The first-order valence-corrected chi connectivity index (χ1v) is 6.24. The Balaban J connectivity index is 2.02. The van der Waals surface area contributed by atoms with Gasteiger partial charge in [0.15, 0.2) is 0 Å². The lowest BCUT2D eigenvalue weighted by molar-refractivity contribution is -0.141. The zero-order valence-electron chi connectivity index (χ0n) is 10.4. The van der Waals surface area contributed by atoms with E-state index in [0.717, 1.165) is 25.1 Å². The molecule has 0 amide bonds. The Morgan fingerprint density at radius 3 is 2.85 bits per heavy atom. The fraction of sp³-hybridized carbons (Fsp3) is 0.385. The maximum atomic E-state index is 12.6. The van der Waals surface area contributed by atoms with Crippen LogP contribution in [-0.2, 0) is 12.6 Å². The summed E-state index contributed by atoms with van der Waals surface area (Å²) in [6, 6.07) is 2.17. The van der Waals surface area contributed by atoms with Gasteiger partial charge in [-0.2, -0.15) is 13.2 Å². The Kier molecular flexibility index (Phi) is 3.01. The Labute approximate surface area is 112 Å².